The quantitative estimate of drug-likeness (QED) is 0.504. The first kappa shape index (κ1) is 15.9. The number of carbonyl (C=O) groups is 1. The molecule has 0 bridgehead atoms. The molecule has 19 heavy (non-hydrogen) atoms. The second kappa shape index (κ2) is 7.46. The van der Waals surface area contributed by atoms with E-state index in [0.29, 0.717) is 5.56 Å². The van der Waals surface area contributed by atoms with E-state index in [1.807, 2.05) is 36.4 Å². The van der Waals surface area contributed by atoms with Gasteiger partial charge in [0.15, 0.2) is 0 Å². The molecule has 0 saturated carbocycles. The minimum absolute atomic E-state index is 0. The van der Waals surface area contributed by atoms with Gasteiger partial charge >= 0.3 is 35.5 Å². The van der Waals surface area contributed by atoms with Gasteiger partial charge in [-0.15, -0.1) is 0 Å². The normalized spacial score (nSPS) is 9.58. The predicted molar refractivity (Wildman–Crippen MR) is 70.4 cm³/mol. The fraction of sp³-hybridized carbons (Fsp3) is 0.133. The van der Waals surface area contributed by atoms with Crippen molar-refractivity contribution in [3.05, 3.63) is 59.7 Å². The minimum Gasteiger partial charge on any atom is -1.00 e. The van der Waals surface area contributed by atoms with Gasteiger partial charge in [0, 0.05) is 0 Å². The third kappa shape index (κ3) is 3.45. The van der Waals surface area contributed by atoms with E-state index in [1.54, 1.807) is 12.1 Å². The fourth-order valence-corrected chi connectivity index (χ4v) is 2.04. The Hall–Kier alpha value is -1.13. The zero-order chi connectivity index (χ0) is 13.0. The molecule has 0 radical (unpaired) electrons. The van der Waals surface area contributed by atoms with Gasteiger partial charge < -0.3 is 1.43 Å². The topological polar surface area (TPSA) is 46.5 Å². The van der Waals surface area contributed by atoms with Crippen LogP contribution in [0, 0.1) is 0 Å². The predicted octanol–water partition coefficient (Wildman–Crippen LogP) is 0.662. The average molecular weight is 266 g/mol. The maximum absolute atomic E-state index is 11.5. The Labute approximate surface area is 135 Å². The van der Waals surface area contributed by atoms with E-state index in [4.69, 9.17) is 5.26 Å². The Morgan fingerprint density at radius 1 is 1.11 bits per heavy atom. The van der Waals surface area contributed by atoms with E-state index in [9.17, 15) is 4.79 Å². The first-order chi connectivity index (χ1) is 8.77. The third-order valence-corrected chi connectivity index (χ3v) is 2.92. The first-order valence-electron chi connectivity index (χ1n) is 5.81. The molecule has 0 unspecified atom stereocenters. The third-order valence-electron chi connectivity index (χ3n) is 2.92. The van der Waals surface area contributed by atoms with Crippen LogP contribution in [-0.2, 0) is 11.3 Å². The van der Waals surface area contributed by atoms with Crippen molar-refractivity contribution >= 4 is 5.97 Å². The second-order valence-corrected chi connectivity index (χ2v) is 3.94. The van der Waals surface area contributed by atoms with Crippen molar-refractivity contribution in [1.82, 2.24) is 0 Å². The smallest absolute Gasteiger partial charge is 1.00 e. The monoisotopic (exact) mass is 266 g/mol. The van der Waals surface area contributed by atoms with E-state index < -0.39 is 5.97 Å². The Morgan fingerprint density at radius 2 is 1.68 bits per heavy atom. The summed E-state index contributed by atoms with van der Waals surface area (Å²) >= 11 is 0. The molecule has 2 aromatic rings. The number of hydrogen-bond acceptors (Lipinski definition) is 3. The molecule has 0 spiro atoms. The van der Waals surface area contributed by atoms with E-state index in [1.165, 1.54) is 0 Å². The summed E-state index contributed by atoms with van der Waals surface area (Å²) < 4.78 is 0. The van der Waals surface area contributed by atoms with E-state index in [2.05, 4.69) is 11.8 Å². The van der Waals surface area contributed by atoms with Crippen LogP contribution in [0.3, 0.4) is 0 Å². The average Bonchev–Trinajstić information content (AvgIpc) is 2.46. The van der Waals surface area contributed by atoms with Crippen LogP contribution in [0.1, 0.15) is 24.3 Å². The number of benzene rings is 2. The summed E-state index contributed by atoms with van der Waals surface area (Å²) in [4.78, 5) is 15.4. The summed E-state index contributed by atoms with van der Waals surface area (Å²) in [7, 11) is 0. The minimum atomic E-state index is -0.739. The Kier molecular flexibility index (Phi) is 6.25. The van der Waals surface area contributed by atoms with Crippen molar-refractivity contribution < 1.29 is 45.9 Å². The molecule has 1 N–H and O–H groups in total. The molecule has 0 fully saturated rings. The van der Waals surface area contributed by atoms with Gasteiger partial charge in [-0.05, 0) is 29.2 Å². The molecule has 0 aromatic heterocycles. The maximum Gasteiger partial charge on any atom is 1.00 e. The van der Waals surface area contributed by atoms with Gasteiger partial charge in [0.05, 0.1) is 5.56 Å². The molecule has 3 nitrogen and oxygen atoms in total. The van der Waals surface area contributed by atoms with Crippen LogP contribution in [0.5, 0.6) is 0 Å². The molecule has 4 heteroatoms. The molecule has 0 amide bonds. The Bertz CT molecular complexity index is 573. The summed E-state index contributed by atoms with van der Waals surface area (Å²) in [6, 6.07) is 15.0. The molecule has 0 atom stereocenters. The van der Waals surface area contributed by atoms with E-state index in [-0.39, 0.29) is 31.0 Å². The van der Waals surface area contributed by atoms with Gasteiger partial charge in [0.25, 0.3) is 0 Å². The molecule has 0 heterocycles. The van der Waals surface area contributed by atoms with Crippen LogP contribution in [0.15, 0.2) is 48.5 Å². The van der Waals surface area contributed by atoms with Crippen molar-refractivity contribution in [2.45, 2.75) is 13.3 Å². The van der Waals surface area contributed by atoms with E-state index >= 15 is 0 Å². The van der Waals surface area contributed by atoms with Crippen molar-refractivity contribution in [3.63, 3.8) is 0 Å². The van der Waals surface area contributed by atoms with Gasteiger partial charge in [-0.2, -0.15) is 5.26 Å². The summed E-state index contributed by atoms with van der Waals surface area (Å²) in [5.41, 5.74) is 3.27. The fourth-order valence-electron chi connectivity index (χ4n) is 2.04. The number of rotatable bonds is 3. The number of aryl methyl sites for hydroxylation is 1. The molecule has 0 aliphatic heterocycles. The SMILES string of the molecule is CCc1ccccc1-c1ccccc1C(=O)OO.[H-].[Na+]. The molecule has 2 aromatic carbocycles. The van der Waals surface area contributed by atoms with Crippen LogP contribution < -0.4 is 29.6 Å². The second-order valence-electron chi connectivity index (χ2n) is 3.94. The Balaban J connectivity index is 0.00000180. The van der Waals surface area contributed by atoms with Gasteiger partial charge in [-0.25, -0.2) is 4.79 Å². The number of carbonyl (C=O) groups excluding carboxylic acids is 1. The zero-order valence-corrected chi connectivity index (χ0v) is 13.1. The molecule has 94 valence electrons. The van der Waals surface area contributed by atoms with Crippen LogP contribution in [0.4, 0.5) is 0 Å². The van der Waals surface area contributed by atoms with Gasteiger partial charge in [0.2, 0.25) is 0 Å². The maximum atomic E-state index is 11.5. The number of hydrogen-bond donors (Lipinski definition) is 1. The van der Waals surface area contributed by atoms with Crippen LogP contribution in [0.25, 0.3) is 11.1 Å². The van der Waals surface area contributed by atoms with Gasteiger partial charge in [-0.3, -0.25) is 4.89 Å². The summed E-state index contributed by atoms with van der Waals surface area (Å²) in [5.74, 6) is -0.739. The molecule has 0 aliphatic rings. The standard InChI is InChI=1S/C15H14O3.Na.H/c1-2-11-7-3-4-8-12(11)13-9-5-6-10-14(13)15(16)18-17;;/h3-10,17H,2H2,1H3;;/q;+1;-1. The summed E-state index contributed by atoms with van der Waals surface area (Å²) in [6.45, 7) is 2.06. The van der Waals surface area contributed by atoms with Crippen molar-refractivity contribution in [2.24, 2.45) is 0 Å². The summed E-state index contributed by atoms with van der Waals surface area (Å²) in [6.07, 6.45) is 0.874. The largest absolute Gasteiger partial charge is 1.00 e. The van der Waals surface area contributed by atoms with Crippen molar-refractivity contribution in [3.8, 4) is 11.1 Å². The van der Waals surface area contributed by atoms with Crippen molar-refractivity contribution in [2.75, 3.05) is 0 Å². The van der Waals surface area contributed by atoms with Crippen molar-refractivity contribution in [1.29, 1.82) is 0 Å². The Morgan fingerprint density at radius 3 is 2.32 bits per heavy atom. The van der Waals surface area contributed by atoms with Crippen LogP contribution >= 0.6 is 0 Å². The molecular weight excluding hydrogens is 251 g/mol. The van der Waals surface area contributed by atoms with E-state index in [0.717, 1.165) is 23.1 Å². The summed E-state index contributed by atoms with van der Waals surface area (Å²) in [5, 5.41) is 8.54. The molecule has 0 saturated heterocycles. The molecule has 2 rings (SSSR count). The van der Waals surface area contributed by atoms with Crippen LogP contribution in [0.2, 0.25) is 0 Å². The first-order valence-corrected chi connectivity index (χ1v) is 5.81. The molecule has 0 aliphatic carbocycles. The van der Waals surface area contributed by atoms with Gasteiger partial charge in [-0.1, -0.05) is 49.4 Å². The zero-order valence-electron chi connectivity index (χ0n) is 12.1. The van der Waals surface area contributed by atoms with Gasteiger partial charge in [0.1, 0.15) is 0 Å². The molecular formula is C15H15NaO3. The van der Waals surface area contributed by atoms with Crippen LogP contribution in [-0.4, -0.2) is 11.2 Å².